The fourth-order valence-electron chi connectivity index (χ4n) is 2.57. The molecule has 0 saturated carbocycles. The second-order valence-corrected chi connectivity index (χ2v) is 7.08. The van der Waals surface area contributed by atoms with E-state index in [1.54, 1.807) is 0 Å². The zero-order valence-corrected chi connectivity index (χ0v) is 15.0. The van der Waals surface area contributed by atoms with Crippen LogP contribution in [0.15, 0.2) is 35.3 Å². The van der Waals surface area contributed by atoms with Gasteiger partial charge >= 0.3 is 0 Å². The predicted octanol–water partition coefficient (Wildman–Crippen LogP) is 4.75. The van der Waals surface area contributed by atoms with Gasteiger partial charge in [0.2, 0.25) is 0 Å². The van der Waals surface area contributed by atoms with E-state index in [-0.39, 0.29) is 6.10 Å². The first-order valence-electron chi connectivity index (χ1n) is 7.98. The van der Waals surface area contributed by atoms with Crippen molar-refractivity contribution in [1.82, 2.24) is 4.90 Å². The Morgan fingerprint density at radius 2 is 2.18 bits per heavy atom. The molecular weight excluding hydrogens is 290 g/mol. The minimum absolute atomic E-state index is 0.175. The fourth-order valence-corrected chi connectivity index (χ4v) is 3.63. The number of nitrogens with zero attached hydrogens (tertiary/aromatic N) is 1. The van der Waals surface area contributed by atoms with Crippen LogP contribution in [0.3, 0.4) is 0 Å². The van der Waals surface area contributed by atoms with E-state index in [0.29, 0.717) is 0 Å². The van der Waals surface area contributed by atoms with Gasteiger partial charge in [-0.25, -0.2) is 0 Å². The molecule has 2 nitrogen and oxygen atoms in total. The molecule has 1 aromatic carbocycles. The van der Waals surface area contributed by atoms with Gasteiger partial charge < -0.3 is 9.64 Å². The lowest BCUT2D eigenvalue weighted by molar-refractivity contribution is 0.215. The van der Waals surface area contributed by atoms with Crippen molar-refractivity contribution in [2.75, 3.05) is 26.4 Å². The number of rotatable bonds is 7. The van der Waals surface area contributed by atoms with Crippen molar-refractivity contribution in [3.63, 3.8) is 0 Å². The molecule has 1 aromatic rings. The monoisotopic (exact) mass is 317 g/mol. The second kappa shape index (κ2) is 8.44. The summed E-state index contributed by atoms with van der Waals surface area (Å²) in [6.07, 6.45) is 8.93. The van der Waals surface area contributed by atoms with Crippen molar-refractivity contribution in [2.24, 2.45) is 0 Å². The van der Waals surface area contributed by atoms with Crippen molar-refractivity contribution < 1.29 is 4.74 Å². The standard InChI is InChI=1S/C19H27NOS/c1-5-8-16-9-6-10-17(15(16)2)21-18(12-13-20(3)4)19-11-7-14-22-19/h5-6,8-11,18H,7,12-14H2,1-4H3/b8-5-/t18-/m0/s1. The van der Waals surface area contributed by atoms with E-state index >= 15 is 0 Å². The number of ether oxygens (including phenoxy) is 1. The van der Waals surface area contributed by atoms with E-state index < -0.39 is 0 Å². The number of hydrogen-bond acceptors (Lipinski definition) is 3. The Labute approximate surface area is 139 Å². The summed E-state index contributed by atoms with van der Waals surface area (Å²) >= 11 is 1.95. The summed E-state index contributed by atoms with van der Waals surface area (Å²) in [5.41, 5.74) is 2.46. The Hall–Kier alpha value is -1.19. The van der Waals surface area contributed by atoms with Gasteiger partial charge in [-0.05, 0) is 51.6 Å². The highest BCUT2D eigenvalue weighted by Crippen LogP contribution is 2.33. The maximum atomic E-state index is 6.42. The molecule has 1 atom stereocenters. The van der Waals surface area contributed by atoms with Crippen LogP contribution in [-0.2, 0) is 0 Å². The van der Waals surface area contributed by atoms with Crippen molar-refractivity contribution in [1.29, 1.82) is 0 Å². The first-order valence-corrected chi connectivity index (χ1v) is 8.97. The molecule has 0 spiro atoms. The molecule has 0 radical (unpaired) electrons. The molecule has 0 unspecified atom stereocenters. The van der Waals surface area contributed by atoms with Gasteiger partial charge in [-0.15, -0.1) is 11.8 Å². The number of allylic oxidation sites excluding steroid dienone is 2. The summed E-state index contributed by atoms with van der Waals surface area (Å²) in [6, 6.07) is 6.31. The Bertz CT molecular complexity index is 548. The van der Waals surface area contributed by atoms with E-state index in [0.717, 1.165) is 18.7 Å². The zero-order valence-electron chi connectivity index (χ0n) is 14.1. The molecule has 0 fully saturated rings. The third-order valence-electron chi connectivity index (χ3n) is 3.83. The van der Waals surface area contributed by atoms with E-state index in [2.05, 4.69) is 62.3 Å². The third kappa shape index (κ3) is 4.65. The van der Waals surface area contributed by atoms with Crippen LogP contribution >= 0.6 is 11.8 Å². The maximum absolute atomic E-state index is 6.42. The quantitative estimate of drug-likeness (QED) is 0.720. The summed E-state index contributed by atoms with van der Waals surface area (Å²) in [7, 11) is 4.23. The molecule has 120 valence electrons. The van der Waals surface area contributed by atoms with Crippen LogP contribution < -0.4 is 4.74 Å². The molecule has 0 aromatic heterocycles. The third-order valence-corrected chi connectivity index (χ3v) is 5.03. The van der Waals surface area contributed by atoms with Crippen molar-refractivity contribution in [3.05, 3.63) is 46.4 Å². The Balaban J connectivity index is 2.17. The topological polar surface area (TPSA) is 12.5 Å². The van der Waals surface area contributed by atoms with E-state index in [1.165, 1.54) is 28.2 Å². The van der Waals surface area contributed by atoms with Gasteiger partial charge in [0.05, 0.1) is 0 Å². The van der Waals surface area contributed by atoms with E-state index in [1.807, 2.05) is 18.7 Å². The molecule has 0 N–H and O–H groups in total. The van der Waals surface area contributed by atoms with Crippen molar-refractivity contribution in [2.45, 2.75) is 32.8 Å². The van der Waals surface area contributed by atoms with Gasteiger partial charge in [-0.1, -0.05) is 30.4 Å². The van der Waals surface area contributed by atoms with Crippen LogP contribution in [0.4, 0.5) is 0 Å². The molecule has 1 heterocycles. The molecule has 22 heavy (non-hydrogen) atoms. The molecule has 3 heteroatoms. The van der Waals surface area contributed by atoms with Crippen LogP contribution in [0, 0.1) is 6.92 Å². The fraction of sp³-hybridized carbons (Fsp3) is 0.474. The lowest BCUT2D eigenvalue weighted by Gasteiger charge is -2.23. The minimum atomic E-state index is 0.175. The average Bonchev–Trinajstić information content (AvgIpc) is 3.01. The zero-order chi connectivity index (χ0) is 15.9. The van der Waals surface area contributed by atoms with Crippen LogP contribution in [-0.4, -0.2) is 37.4 Å². The van der Waals surface area contributed by atoms with Gasteiger partial charge in [-0.3, -0.25) is 0 Å². The Kier molecular flexibility index (Phi) is 6.59. The first kappa shape index (κ1) is 17.2. The summed E-state index contributed by atoms with van der Waals surface area (Å²) in [5.74, 6) is 2.20. The second-order valence-electron chi connectivity index (χ2n) is 5.91. The van der Waals surface area contributed by atoms with Gasteiger partial charge in [0.25, 0.3) is 0 Å². The summed E-state index contributed by atoms with van der Waals surface area (Å²) in [6.45, 7) is 5.23. The summed E-state index contributed by atoms with van der Waals surface area (Å²) in [4.78, 5) is 3.62. The van der Waals surface area contributed by atoms with Crippen molar-refractivity contribution in [3.8, 4) is 5.75 Å². The highest BCUT2D eigenvalue weighted by molar-refractivity contribution is 8.03. The number of benzene rings is 1. The summed E-state index contributed by atoms with van der Waals surface area (Å²) < 4.78 is 6.42. The van der Waals surface area contributed by atoms with Crippen LogP contribution in [0.5, 0.6) is 5.75 Å². The lowest BCUT2D eigenvalue weighted by Crippen LogP contribution is -2.25. The molecule has 1 aliphatic rings. The number of hydrogen-bond donors (Lipinski definition) is 0. The SMILES string of the molecule is C/C=C\c1cccc(O[C@@H](CCN(C)C)C2=CCCS2)c1C. The molecule has 0 bridgehead atoms. The van der Waals surface area contributed by atoms with Gasteiger partial charge in [0.15, 0.2) is 0 Å². The maximum Gasteiger partial charge on any atom is 0.130 e. The van der Waals surface area contributed by atoms with Crippen LogP contribution in [0.2, 0.25) is 0 Å². The molecule has 0 saturated heterocycles. The molecule has 1 aliphatic heterocycles. The molecular formula is C19H27NOS. The average molecular weight is 317 g/mol. The Morgan fingerprint density at radius 3 is 2.82 bits per heavy atom. The normalized spacial score (nSPS) is 16.3. The summed E-state index contributed by atoms with van der Waals surface area (Å²) in [5, 5.41) is 0. The van der Waals surface area contributed by atoms with Gasteiger partial charge in [0.1, 0.15) is 11.9 Å². The highest BCUT2D eigenvalue weighted by atomic mass is 32.2. The predicted molar refractivity (Wildman–Crippen MR) is 98.6 cm³/mol. The van der Waals surface area contributed by atoms with E-state index in [9.17, 15) is 0 Å². The smallest absolute Gasteiger partial charge is 0.130 e. The molecule has 0 aliphatic carbocycles. The largest absolute Gasteiger partial charge is 0.485 e. The van der Waals surface area contributed by atoms with Gasteiger partial charge in [0, 0.05) is 23.6 Å². The molecule has 2 rings (SSSR count). The molecule has 0 amide bonds. The lowest BCUT2D eigenvalue weighted by atomic mass is 10.1. The van der Waals surface area contributed by atoms with Crippen molar-refractivity contribution >= 4 is 17.8 Å². The van der Waals surface area contributed by atoms with Crippen LogP contribution in [0.1, 0.15) is 30.9 Å². The minimum Gasteiger partial charge on any atom is -0.485 e. The highest BCUT2D eigenvalue weighted by Gasteiger charge is 2.20. The number of thioether (sulfide) groups is 1. The van der Waals surface area contributed by atoms with Gasteiger partial charge in [-0.2, -0.15) is 0 Å². The first-order chi connectivity index (χ1) is 10.6. The van der Waals surface area contributed by atoms with E-state index in [4.69, 9.17) is 4.74 Å². The Morgan fingerprint density at radius 1 is 1.36 bits per heavy atom. The van der Waals surface area contributed by atoms with Crippen LogP contribution in [0.25, 0.3) is 6.08 Å².